The van der Waals surface area contributed by atoms with Crippen LogP contribution in [0.1, 0.15) is 15.3 Å². The summed E-state index contributed by atoms with van der Waals surface area (Å²) < 4.78 is 4.83. The van der Waals surface area contributed by atoms with Gasteiger partial charge in [0.1, 0.15) is 0 Å². The first-order valence-electron chi connectivity index (χ1n) is 2.99. The third kappa shape index (κ3) is 5.92. The third-order valence-corrected chi connectivity index (χ3v) is 0.859. The minimum atomic E-state index is 0. The number of rotatable bonds is 4. The summed E-state index contributed by atoms with van der Waals surface area (Å²) in [6, 6.07) is 0.574. The highest BCUT2D eigenvalue weighted by Gasteiger charge is 1.87. The first-order valence-corrected chi connectivity index (χ1v) is 2.99. The first kappa shape index (κ1) is 7.92. The van der Waals surface area contributed by atoms with Gasteiger partial charge in [0.15, 0.2) is 0 Å². The number of ether oxygens (including phenoxy) is 1. The molecule has 8 heavy (non-hydrogen) atoms. The number of hydrogen-bond acceptors (Lipinski definition) is 2. The van der Waals surface area contributed by atoms with Crippen molar-refractivity contribution >= 4 is 0 Å². The second kappa shape index (κ2) is 5.06. The summed E-state index contributed by atoms with van der Waals surface area (Å²) >= 11 is 0. The van der Waals surface area contributed by atoms with Crippen molar-refractivity contribution in [2.24, 2.45) is 0 Å². The van der Waals surface area contributed by atoms with Crippen molar-refractivity contribution in [3.8, 4) is 0 Å². The Kier molecular flexibility index (Phi) is 5.01. The van der Waals surface area contributed by atoms with Crippen LogP contribution in [0.4, 0.5) is 0 Å². The lowest BCUT2D eigenvalue weighted by molar-refractivity contribution is 0.197. The molecule has 0 aromatic carbocycles. The third-order valence-electron chi connectivity index (χ3n) is 0.859. The maximum absolute atomic E-state index is 4.83. The molecule has 2 nitrogen and oxygen atoms in total. The van der Waals surface area contributed by atoms with Gasteiger partial charge in [-0.25, -0.2) is 0 Å². The lowest BCUT2D eigenvalue weighted by Gasteiger charge is -2.05. The second-order valence-corrected chi connectivity index (χ2v) is 2.10. The molecular formula is C6H17NO. The van der Waals surface area contributed by atoms with Crippen LogP contribution in [-0.4, -0.2) is 26.3 Å². The second-order valence-electron chi connectivity index (χ2n) is 2.10. The highest BCUT2D eigenvalue weighted by atomic mass is 16.5. The molecule has 0 heterocycles. The molecular weight excluding hydrogens is 102 g/mol. The van der Waals surface area contributed by atoms with Crippen molar-refractivity contribution in [2.75, 3.05) is 20.3 Å². The molecule has 0 saturated heterocycles. The van der Waals surface area contributed by atoms with E-state index in [1.54, 1.807) is 7.11 Å². The molecule has 0 bridgehead atoms. The predicted octanol–water partition coefficient (Wildman–Crippen LogP) is 0.877. The number of methoxy groups -OCH3 is 1. The van der Waals surface area contributed by atoms with Crippen LogP contribution in [0.5, 0.6) is 0 Å². The highest BCUT2D eigenvalue weighted by molar-refractivity contribution is 4.49. The summed E-state index contributed by atoms with van der Waals surface area (Å²) in [5, 5.41) is 3.22. The summed E-state index contributed by atoms with van der Waals surface area (Å²) in [6.45, 7) is 6.00. The van der Waals surface area contributed by atoms with Crippen LogP contribution in [0, 0.1) is 0 Å². The molecule has 0 amide bonds. The Hall–Kier alpha value is -0.0800. The maximum Gasteiger partial charge on any atom is 0.0587 e. The van der Waals surface area contributed by atoms with Crippen LogP contribution < -0.4 is 5.32 Å². The van der Waals surface area contributed by atoms with E-state index < -0.39 is 0 Å². The fraction of sp³-hybridized carbons (Fsp3) is 1.00. The number of nitrogens with one attached hydrogen (secondary N) is 1. The van der Waals surface area contributed by atoms with Crippen molar-refractivity contribution in [2.45, 2.75) is 19.9 Å². The Morgan fingerprint density at radius 1 is 1.62 bits per heavy atom. The van der Waals surface area contributed by atoms with Gasteiger partial charge in [0.25, 0.3) is 0 Å². The van der Waals surface area contributed by atoms with Crippen molar-refractivity contribution in [3.05, 3.63) is 0 Å². The minimum Gasteiger partial charge on any atom is -0.383 e. The van der Waals surface area contributed by atoms with Crippen molar-refractivity contribution < 1.29 is 6.16 Å². The van der Waals surface area contributed by atoms with E-state index in [2.05, 4.69) is 19.2 Å². The molecule has 0 radical (unpaired) electrons. The Labute approximate surface area is 52.7 Å². The Bertz CT molecular complexity index is 50.3. The standard InChI is InChI=1S/C6H15NO.H2/c1-6(2)7-4-5-8-3;/h6-7H,4-5H2,1-3H3;1H. The van der Waals surface area contributed by atoms with Crippen molar-refractivity contribution in [1.82, 2.24) is 5.32 Å². The molecule has 0 aliphatic carbocycles. The maximum atomic E-state index is 4.83. The average molecular weight is 119 g/mol. The van der Waals surface area contributed by atoms with Gasteiger partial charge in [-0.05, 0) is 0 Å². The molecule has 2 heteroatoms. The van der Waals surface area contributed by atoms with Crippen LogP contribution in [0.2, 0.25) is 0 Å². The minimum absolute atomic E-state index is 0. The lowest BCUT2D eigenvalue weighted by Crippen LogP contribution is -2.26. The first-order chi connectivity index (χ1) is 3.77. The Morgan fingerprint density at radius 2 is 2.25 bits per heavy atom. The van der Waals surface area contributed by atoms with Crippen molar-refractivity contribution in [3.63, 3.8) is 0 Å². The van der Waals surface area contributed by atoms with Gasteiger partial charge < -0.3 is 10.1 Å². The van der Waals surface area contributed by atoms with E-state index >= 15 is 0 Å². The van der Waals surface area contributed by atoms with Crippen LogP contribution >= 0.6 is 0 Å². The molecule has 0 atom stereocenters. The molecule has 0 saturated carbocycles. The molecule has 1 N–H and O–H groups in total. The molecule has 0 rings (SSSR count). The van der Waals surface area contributed by atoms with Gasteiger partial charge in [-0.1, -0.05) is 13.8 Å². The van der Waals surface area contributed by atoms with E-state index in [0.717, 1.165) is 13.2 Å². The van der Waals surface area contributed by atoms with Gasteiger partial charge in [-0.15, -0.1) is 0 Å². The fourth-order valence-electron chi connectivity index (χ4n) is 0.450. The van der Waals surface area contributed by atoms with Crippen LogP contribution in [0.25, 0.3) is 0 Å². The largest absolute Gasteiger partial charge is 0.383 e. The van der Waals surface area contributed by atoms with E-state index in [4.69, 9.17) is 4.74 Å². The van der Waals surface area contributed by atoms with Crippen molar-refractivity contribution in [1.29, 1.82) is 0 Å². The molecule has 0 aromatic heterocycles. The van der Waals surface area contributed by atoms with Crippen LogP contribution in [0.3, 0.4) is 0 Å². The zero-order valence-electron chi connectivity index (χ0n) is 5.90. The molecule has 0 aromatic rings. The fourth-order valence-corrected chi connectivity index (χ4v) is 0.450. The average Bonchev–Trinajstić information content (AvgIpc) is 1.66. The van der Waals surface area contributed by atoms with Gasteiger partial charge in [-0.3, -0.25) is 0 Å². The van der Waals surface area contributed by atoms with Gasteiger partial charge in [0.2, 0.25) is 0 Å². The van der Waals surface area contributed by atoms with Gasteiger partial charge in [-0.2, -0.15) is 0 Å². The zero-order chi connectivity index (χ0) is 6.41. The Morgan fingerprint density at radius 3 is 2.62 bits per heavy atom. The van der Waals surface area contributed by atoms with Gasteiger partial charge >= 0.3 is 0 Å². The summed E-state index contributed by atoms with van der Waals surface area (Å²) in [7, 11) is 1.71. The van der Waals surface area contributed by atoms with Crippen LogP contribution in [0.15, 0.2) is 0 Å². The van der Waals surface area contributed by atoms with Gasteiger partial charge in [0, 0.05) is 21.1 Å². The molecule has 0 aliphatic rings. The molecule has 0 fully saturated rings. The topological polar surface area (TPSA) is 21.3 Å². The summed E-state index contributed by atoms with van der Waals surface area (Å²) in [5.41, 5.74) is 0. The number of hydrogen-bond donors (Lipinski definition) is 1. The van der Waals surface area contributed by atoms with E-state index in [-0.39, 0.29) is 1.43 Å². The lowest BCUT2D eigenvalue weighted by atomic mass is 10.4. The monoisotopic (exact) mass is 119 g/mol. The van der Waals surface area contributed by atoms with E-state index in [9.17, 15) is 0 Å². The van der Waals surface area contributed by atoms with E-state index in [1.165, 1.54) is 0 Å². The van der Waals surface area contributed by atoms with Crippen LogP contribution in [-0.2, 0) is 4.74 Å². The summed E-state index contributed by atoms with van der Waals surface area (Å²) in [4.78, 5) is 0. The van der Waals surface area contributed by atoms with Gasteiger partial charge in [0.05, 0.1) is 6.61 Å². The van der Waals surface area contributed by atoms with E-state index in [1.807, 2.05) is 0 Å². The zero-order valence-corrected chi connectivity index (χ0v) is 5.90. The molecule has 0 spiro atoms. The molecule has 0 aliphatic heterocycles. The predicted molar refractivity (Wildman–Crippen MR) is 37.1 cm³/mol. The molecule has 52 valence electrons. The summed E-state index contributed by atoms with van der Waals surface area (Å²) in [5.74, 6) is 0. The highest BCUT2D eigenvalue weighted by Crippen LogP contribution is 1.73. The summed E-state index contributed by atoms with van der Waals surface area (Å²) in [6.07, 6.45) is 0. The van der Waals surface area contributed by atoms with E-state index in [0.29, 0.717) is 6.04 Å². The quantitative estimate of drug-likeness (QED) is 0.555. The SMILES string of the molecule is COCCNC(C)C.[HH]. The molecule has 0 unspecified atom stereocenters. The normalized spacial score (nSPS) is 10.5. The Balaban J connectivity index is 0. The smallest absolute Gasteiger partial charge is 0.0587 e.